The lowest BCUT2D eigenvalue weighted by Gasteiger charge is -2.42. The third-order valence-corrected chi connectivity index (χ3v) is 3.03. The van der Waals surface area contributed by atoms with Crippen molar-refractivity contribution < 1.29 is 5.11 Å². The van der Waals surface area contributed by atoms with Gasteiger partial charge in [0.2, 0.25) is 0 Å². The first-order chi connectivity index (χ1) is 4.22. The molecule has 0 unspecified atom stereocenters. The number of aliphatic hydroxyl groups excluding tert-OH is 1. The molecule has 0 amide bonds. The average molecular weight is 164 g/mol. The Labute approximate surface area is 67.2 Å². The van der Waals surface area contributed by atoms with E-state index in [0.29, 0.717) is 5.92 Å². The fourth-order valence-electron chi connectivity index (χ4n) is 2.19. The molecule has 0 bridgehead atoms. The van der Waals surface area contributed by atoms with Crippen LogP contribution in [0.5, 0.6) is 0 Å². The van der Waals surface area contributed by atoms with Crippen LogP contribution in [0, 0.1) is 5.92 Å². The van der Waals surface area contributed by atoms with Crippen molar-refractivity contribution in [1.82, 2.24) is 0 Å². The van der Waals surface area contributed by atoms with Crippen LogP contribution in [0.1, 0.15) is 25.7 Å². The van der Waals surface area contributed by atoms with E-state index in [-0.39, 0.29) is 24.0 Å². The summed E-state index contributed by atoms with van der Waals surface area (Å²) in [5.41, 5.74) is 5.99. The summed E-state index contributed by atoms with van der Waals surface area (Å²) in [6.45, 7) is 0. The molecular formula is C7H14ClNO. The van der Waals surface area contributed by atoms with Crippen molar-refractivity contribution in [3.63, 3.8) is 0 Å². The first-order valence-corrected chi connectivity index (χ1v) is 3.69. The second-order valence-electron chi connectivity index (χ2n) is 3.48. The van der Waals surface area contributed by atoms with Gasteiger partial charge in [0, 0.05) is 11.5 Å². The van der Waals surface area contributed by atoms with E-state index >= 15 is 0 Å². The van der Waals surface area contributed by atoms with Crippen molar-refractivity contribution in [2.24, 2.45) is 11.7 Å². The molecule has 0 aromatic carbocycles. The minimum absolute atomic E-state index is 0. The highest BCUT2D eigenvalue weighted by Gasteiger charge is 2.51. The van der Waals surface area contributed by atoms with Crippen molar-refractivity contribution in [2.45, 2.75) is 37.3 Å². The van der Waals surface area contributed by atoms with Crippen LogP contribution in [-0.2, 0) is 0 Å². The van der Waals surface area contributed by atoms with E-state index < -0.39 is 0 Å². The summed E-state index contributed by atoms with van der Waals surface area (Å²) >= 11 is 0. The smallest absolute Gasteiger partial charge is 0.0586 e. The Morgan fingerprint density at radius 2 is 1.90 bits per heavy atom. The number of fused-ring (bicyclic) bond motifs is 1. The van der Waals surface area contributed by atoms with Gasteiger partial charge in [-0.25, -0.2) is 0 Å². The minimum Gasteiger partial charge on any atom is -0.393 e. The molecule has 2 saturated carbocycles. The van der Waals surface area contributed by atoms with Crippen LogP contribution in [-0.4, -0.2) is 16.7 Å². The fourth-order valence-corrected chi connectivity index (χ4v) is 2.19. The molecule has 3 N–H and O–H groups in total. The summed E-state index contributed by atoms with van der Waals surface area (Å²) in [4.78, 5) is 0. The molecule has 0 heterocycles. The molecule has 3 heteroatoms. The van der Waals surface area contributed by atoms with Crippen molar-refractivity contribution >= 4 is 12.4 Å². The van der Waals surface area contributed by atoms with Crippen molar-refractivity contribution in [2.75, 3.05) is 0 Å². The van der Waals surface area contributed by atoms with Crippen molar-refractivity contribution in [3.8, 4) is 0 Å². The molecular weight excluding hydrogens is 150 g/mol. The zero-order valence-electron chi connectivity index (χ0n) is 5.92. The lowest BCUT2D eigenvalue weighted by atomic mass is 9.69. The van der Waals surface area contributed by atoms with Gasteiger partial charge in [-0.3, -0.25) is 0 Å². The molecule has 0 radical (unpaired) electrons. The van der Waals surface area contributed by atoms with Gasteiger partial charge in [0.1, 0.15) is 0 Å². The second-order valence-corrected chi connectivity index (χ2v) is 3.48. The molecule has 2 aliphatic carbocycles. The van der Waals surface area contributed by atoms with Crippen LogP contribution >= 0.6 is 12.4 Å². The number of halogens is 1. The third kappa shape index (κ3) is 0.865. The van der Waals surface area contributed by atoms with Crippen LogP contribution in [0.25, 0.3) is 0 Å². The van der Waals surface area contributed by atoms with Gasteiger partial charge < -0.3 is 10.8 Å². The molecule has 60 valence electrons. The first-order valence-electron chi connectivity index (χ1n) is 3.69. The van der Waals surface area contributed by atoms with Crippen LogP contribution < -0.4 is 5.73 Å². The predicted octanol–water partition coefficient (Wildman–Crippen LogP) is 0.670. The Bertz CT molecular complexity index is 142. The van der Waals surface area contributed by atoms with E-state index in [2.05, 4.69) is 0 Å². The van der Waals surface area contributed by atoms with E-state index in [1.54, 1.807) is 0 Å². The molecule has 0 aromatic rings. The van der Waals surface area contributed by atoms with Gasteiger partial charge >= 0.3 is 0 Å². The topological polar surface area (TPSA) is 46.2 Å². The zero-order valence-corrected chi connectivity index (χ0v) is 6.73. The van der Waals surface area contributed by atoms with E-state index in [0.717, 1.165) is 25.7 Å². The highest BCUT2D eigenvalue weighted by molar-refractivity contribution is 5.85. The van der Waals surface area contributed by atoms with Crippen LogP contribution in [0.3, 0.4) is 0 Å². The highest BCUT2D eigenvalue weighted by atomic mass is 35.5. The summed E-state index contributed by atoms with van der Waals surface area (Å²) in [5, 5.41) is 9.30. The molecule has 0 aromatic heterocycles. The summed E-state index contributed by atoms with van der Waals surface area (Å²) in [6, 6.07) is 0. The van der Waals surface area contributed by atoms with Crippen molar-refractivity contribution in [3.05, 3.63) is 0 Å². The highest BCUT2D eigenvalue weighted by Crippen LogP contribution is 2.48. The summed E-state index contributed by atoms with van der Waals surface area (Å²) in [6.07, 6.45) is 4.18. The third-order valence-electron chi connectivity index (χ3n) is 3.03. The average Bonchev–Trinajstić information content (AvgIpc) is 1.93. The quantitative estimate of drug-likeness (QED) is 0.552. The predicted molar refractivity (Wildman–Crippen MR) is 42.1 cm³/mol. The number of hydrogen-bond acceptors (Lipinski definition) is 2. The fraction of sp³-hybridized carbons (Fsp3) is 1.00. The number of aliphatic hydroxyl groups is 1. The lowest BCUT2D eigenvalue weighted by Crippen LogP contribution is -2.53. The van der Waals surface area contributed by atoms with Gasteiger partial charge in [0.15, 0.2) is 0 Å². The van der Waals surface area contributed by atoms with E-state index in [1.807, 2.05) is 0 Å². The maximum atomic E-state index is 9.30. The largest absolute Gasteiger partial charge is 0.393 e. The van der Waals surface area contributed by atoms with Gasteiger partial charge in [0.25, 0.3) is 0 Å². The lowest BCUT2D eigenvalue weighted by molar-refractivity contribution is 0.0494. The normalized spacial score (nSPS) is 51.0. The number of rotatable bonds is 0. The molecule has 10 heavy (non-hydrogen) atoms. The first kappa shape index (κ1) is 8.31. The molecule has 0 aliphatic heterocycles. The van der Waals surface area contributed by atoms with Crippen LogP contribution in [0.4, 0.5) is 0 Å². The van der Waals surface area contributed by atoms with Gasteiger partial charge in [-0.05, 0) is 25.7 Å². The Morgan fingerprint density at radius 3 is 2.10 bits per heavy atom. The Hall–Kier alpha value is 0.210. The Morgan fingerprint density at radius 1 is 1.30 bits per heavy atom. The maximum Gasteiger partial charge on any atom is 0.0586 e. The van der Waals surface area contributed by atoms with Crippen LogP contribution in [0.15, 0.2) is 0 Å². The summed E-state index contributed by atoms with van der Waals surface area (Å²) in [5.74, 6) is 0.442. The Balaban J connectivity index is 0.000000500. The molecule has 0 spiro atoms. The Kier molecular flexibility index (Phi) is 1.96. The second kappa shape index (κ2) is 2.36. The van der Waals surface area contributed by atoms with Gasteiger partial charge in [0.05, 0.1) is 6.10 Å². The molecule has 3 atom stereocenters. The maximum absolute atomic E-state index is 9.30. The number of nitrogens with two attached hydrogens (primary N) is 1. The monoisotopic (exact) mass is 163 g/mol. The van der Waals surface area contributed by atoms with E-state index in [4.69, 9.17) is 5.73 Å². The van der Waals surface area contributed by atoms with E-state index in [9.17, 15) is 5.11 Å². The zero-order chi connectivity index (χ0) is 6.48. The van der Waals surface area contributed by atoms with E-state index in [1.165, 1.54) is 0 Å². The standard InChI is InChI=1S/C7H13NO.ClH/c8-7-3-1-5(7)6(9)2-4-7;/h5-6,9H,1-4,8H2;1H/t5-,6+,7-;/m0./s1. The summed E-state index contributed by atoms with van der Waals surface area (Å²) in [7, 11) is 0. The molecule has 0 saturated heterocycles. The number of hydrogen-bond donors (Lipinski definition) is 2. The molecule has 2 nitrogen and oxygen atoms in total. The SMILES string of the molecule is Cl.N[C@@]12CC[C@@H](O)[C@@H]1CC2. The van der Waals surface area contributed by atoms with Gasteiger partial charge in [-0.1, -0.05) is 0 Å². The molecule has 2 fully saturated rings. The van der Waals surface area contributed by atoms with Gasteiger partial charge in [-0.15, -0.1) is 12.4 Å². The van der Waals surface area contributed by atoms with Crippen molar-refractivity contribution in [1.29, 1.82) is 0 Å². The van der Waals surface area contributed by atoms with Crippen LogP contribution in [0.2, 0.25) is 0 Å². The minimum atomic E-state index is -0.0799. The molecule has 2 aliphatic rings. The van der Waals surface area contributed by atoms with Gasteiger partial charge in [-0.2, -0.15) is 0 Å². The molecule has 2 rings (SSSR count). The summed E-state index contributed by atoms with van der Waals surface area (Å²) < 4.78 is 0.